The number of hydrogen-bond donors (Lipinski definition) is 2. The average molecular weight is 301 g/mol. The number of carboxylic acids is 1. The molecule has 1 fully saturated rings. The Morgan fingerprint density at radius 2 is 2.09 bits per heavy atom. The van der Waals surface area contributed by atoms with Crippen LogP contribution in [0.5, 0.6) is 0 Å². The van der Waals surface area contributed by atoms with Crippen LogP contribution >= 0.6 is 0 Å². The maximum Gasteiger partial charge on any atom is 0.305 e. The van der Waals surface area contributed by atoms with Gasteiger partial charge in [0, 0.05) is 24.3 Å². The van der Waals surface area contributed by atoms with Gasteiger partial charge in [0.05, 0.1) is 12.0 Å². The van der Waals surface area contributed by atoms with Crippen LogP contribution in [0, 0.1) is 19.3 Å². The van der Waals surface area contributed by atoms with Crippen LogP contribution in [-0.2, 0) is 9.53 Å². The van der Waals surface area contributed by atoms with Gasteiger partial charge >= 0.3 is 5.97 Å². The number of carbonyl (C=O) groups excluding carboxylic acids is 1. The number of amides is 1. The van der Waals surface area contributed by atoms with Crippen molar-refractivity contribution >= 4 is 11.9 Å². The van der Waals surface area contributed by atoms with Crippen molar-refractivity contribution < 1.29 is 19.4 Å². The van der Waals surface area contributed by atoms with Gasteiger partial charge in [0.2, 0.25) is 0 Å². The maximum atomic E-state index is 12.5. The molecule has 2 N–H and O–H groups in total. The minimum Gasteiger partial charge on any atom is -0.481 e. The summed E-state index contributed by atoms with van der Waals surface area (Å²) in [6.45, 7) is 2.76. The summed E-state index contributed by atoms with van der Waals surface area (Å²) in [6.07, 6.45) is 6.27. The quantitative estimate of drug-likeness (QED) is 0.831. The van der Waals surface area contributed by atoms with E-state index in [9.17, 15) is 9.59 Å². The Bertz CT molecular complexity index is 624. The molecule has 0 unspecified atom stereocenters. The summed E-state index contributed by atoms with van der Waals surface area (Å²) in [5, 5.41) is 12.0. The molecule has 5 heteroatoms. The summed E-state index contributed by atoms with van der Waals surface area (Å²) in [7, 11) is 0. The molecule has 1 aromatic rings. The van der Waals surface area contributed by atoms with Crippen LogP contribution in [0.4, 0.5) is 0 Å². The van der Waals surface area contributed by atoms with E-state index < -0.39 is 11.5 Å². The lowest BCUT2D eigenvalue weighted by Crippen LogP contribution is -2.53. The lowest BCUT2D eigenvalue weighted by Gasteiger charge is -2.36. The molecule has 1 aliphatic heterocycles. The summed E-state index contributed by atoms with van der Waals surface area (Å²) in [5.74, 6) is 1.30. The van der Waals surface area contributed by atoms with Crippen molar-refractivity contribution in [3.8, 4) is 12.3 Å². The number of carbonyl (C=O) groups is 2. The molecule has 0 aliphatic carbocycles. The van der Waals surface area contributed by atoms with Crippen LogP contribution in [0.3, 0.4) is 0 Å². The average Bonchev–Trinajstić information content (AvgIpc) is 2.47. The molecule has 1 saturated heterocycles. The molecule has 22 heavy (non-hydrogen) atoms. The second-order valence-corrected chi connectivity index (χ2v) is 5.59. The van der Waals surface area contributed by atoms with E-state index in [1.807, 2.05) is 6.92 Å². The molecule has 2 rings (SSSR count). The number of carboxylic acid groups (broad SMARTS) is 1. The van der Waals surface area contributed by atoms with Gasteiger partial charge in [-0.2, -0.15) is 0 Å². The zero-order chi connectivity index (χ0) is 16.2. The summed E-state index contributed by atoms with van der Waals surface area (Å²) in [5.41, 5.74) is 1.26. The van der Waals surface area contributed by atoms with Gasteiger partial charge in [-0.3, -0.25) is 9.59 Å². The van der Waals surface area contributed by atoms with Gasteiger partial charge in [0.15, 0.2) is 0 Å². The van der Waals surface area contributed by atoms with Gasteiger partial charge in [0.1, 0.15) is 0 Å². The number of ether oxygens (including phenoxy) is 1. The lowest BCUT2D eigenvalue weighted by atomic mass is 9.86. The largest absolute Gasteiger partial charge is 0.481 e. The third-order valence-corrected chi connectivity index (χ3v) is 3.97. The fourth-order valence-electron chi connectivity index (χ4n) is 2.63. The van der Waals surface area contributed by atoms with Crippen molar-refractivity contribution in [1.29, 1.82) is 0 Å². The highest BCUT2D eigenvalue weighted by molar-refractivity contribution is 5.95. The highest BCUT2D eigenvalue weighted by atomic mass is 16.5. The van der Waals surface area contributed by atoms with Gasteiger partial charge in [-0.15, -0.1) is 6.42 Å². The van der Waals surface area contributed by atoms with E-state index in [1.165, 1.54) is 0 Å². The van der Waals surface area contributed by atoms with Crippen LogP contribution in [0.15, 0.2) is 18.2 Å². The molecule has 0 saturated carbocycles. The number of rotatable bonds is 4. The van der Waals surface area contributed by atoms with Crippen LogP contribution in [0.25, 0.3) is 0 Å². The Morgan fingerprint density at radius 3 is 2.68 bits per heavy atom. The molecule has 0 spiro atoms. The lowest BCUT2D eigenvalue weighted by molar-refractivity contribution is -0.139. The molecular formula is C17H19NO4. The fourth-order valence-corrected chi connectivity index (χ4v) is 2.63. The number of hydrogen-bond acceptors (Lipinski definition) is 3. The molecule has 0 aromatic heterocycles. The Hall–Kier alpha value is -2.32. The summed E-state index contributed by atoms with van der Waals surface area (Å²) in [6, 6.07) is 5.13. The highest BCUT2D eigenvalue weighted by Gasteiger charge is 2.36. The topological polar surface area (TPSA) is 75.6 Å². The van der Waals surface area contributed by atoms with E-state index in [4.69, 9.17) is 16.3 Å². The van der Waals surface area contributed by atoms with E-state index >= 15 is 0 Å². The molecule has 1 aliphatic rings. The predicted octanol–water partition coefficient (Wildman–Crippen LogP) is 1.73. The van der Waals surface area contributed by atoms with Crippen molar-refractivity contribution in [2.75, 3.05) is 13.2 Å². The summed E-state index contributed by atoms with van der Waals surface area (Å²) < 4.78 is 5.28. The van der Waals surface area contributed by atoms with Crippen molar-refractivity contribution in [2.45, 2.75) is 31.7 Å². The second-order valence-electron chi connectivity index (χ2n) is 5.59. The summed E-state index contributed by atoms with van der Waals surface area (Å²) in [4.78, 5) is 23.6. The molecule has 5 nitrogen and oxygen atoms in total. The van der Waals surface area contributed by atoms with Crippen LogP contribution in [0.1, 0.15) is 40.7 Å². The first-order chi connectivity index (χ1) is 10.5. The van der Waals surface area contributed by atoms with Crippen molar-refractivity contribution in [2.24, 2.45) is 0 Å². The first kappa shape index (κ1) is 16.1. The van der Waals surface area contributed by atoms with Gasteiger partial charge < -0.3 is 15.2 Å². The third-order valence-electron chi connectivity index (χ3n) is 3.97. The van der Waals surface area contributed by atoms with E-state index in [1.54, 1.807) is 18.2 Å². The van der Waals surface area contributed by atoms with E-state index in [0.29, 0.717) is 37.2 Å². The molecule has 1 heterocycles. The molecule has 1 aromatic carbocycles. The van der Waals surface area contributed by atoms with Crippen LogP contribution in [0.2, 0.25) is 0 Å². The Kier molecular flexibility index (Phi) is 4.84. The van der Waals surface area contributed by atoms with Gasteiger partial charge in [-0.25, -0.2) is 0 Å². The minimum absolute atomic E-state index is 0.115. The Balaban J connectivity index is 2.21. The molecule has 0 radical (unpaired) electrons. The van der Waals surface area contributed by atoms with Gasteiger partial charge in [0.25, 0.3) is 5.91 Å². The van der Waals surface area contributed by atoms with Crippen molar-refractivity contribution in [3.63, 3.8) is 0 Å². The minimum atomic E-state index is -0.935. The zero-order valence-corrected chi connectivity index (χ0v) is 12.5. The number of terminal acetylenes is 1. The smallest absolute Gasteiger partial charge is 0.305 e. The first-order valence-electron chi connectivity index (χ1n) is 7.15. The number of nitrogens with one attached hydrogen (secondary N) is 1. The highest BCUT2D eigenvalue weighted by Crippen LogP contribution is 2.25. The molecule has 116 valence electrons. The Morgan fingerprint density at radius 1 is 1.41 bits per heavy atom. The van der Waals surface area contributed by atoms with Crippen molar-refractivity contribution in [1.82, 2.24) is 5.32 Å². The van der Waals surface area contributed by atoms with Crippen molar-refractivity contribution in [3.05, 3.63) is 34.9 Å². The molecule has 0 atom stereocenters. The number of aryl methyl sites for hydroxylation is 1. The first-order valence-corrected chi connectivity index (χ1v) is 7.15. The van der Waals surface area contributed by atoms with E-state index in [-0.39, 0.29) is 12.3 Å². The molecular weight excluding hydrogens is 282 g/mol. The monoisotopic (exact) mass is 301 g/mol. The standard InChI is InChI=1S/C17H19NO4/c1-3-13-10-14(5-4-12(13)2)16(21)18-17(11-15(19)20)6-8-22-9-7-17/h1,4-5,10H,6-9,11H2,2H3,(H,18,21)(H,19,20). The SMILES string of the molecule is C#Cc1cc(C(=O)NC2(CC(=O)O)CCOCC2)ccc1C. The van der Waals surface area contributed by atoms with Crippen LogP contribution in [-0.4, -0.2) is 35.7 Å². The van der Waals surface area contributed by atoms with Gasteiger partial charge in [-0.1, -0.05) is 12.0 Å². The predicted molar refractivity (Wildman–Crippen MR) is 81.6 cm³/mol. The zero-order valence-electron chi connectivity index (χ0n) is 12.5. The third kappa shape index (κ3) is 3.66. The van der Waals surface area contributed by atoms with E-state index in [0.717, 1.165) is 5.56 Å². The molecule has 1 amide bonds. The summed E-state index contributed by atoms with van der Waals surface area (Å²) >= 11 is 0. The number of aliphatic carboxylic acids is 1. The Labute approximate surface area is 129 Å². The van der Waals surface area contributed by atoms with Crippen LogP contribution < -0.4 is 5.32 Å². The number of benzene rings is 1. The van der Waals surface area contributed by atoms with Gasteiger partial charge in [-0.05, 0) is 37.5 Å². The fraction of sp³-hybridized carbons (Fsp3) is 0.412. The normalized spacial score (nSPS) is 16.5. The molecule has 0 bridgehead atoms. The van der Waals surface area contributed by atoms with E-state index in [2.05, 4.69) is 11.2 Å². The second kappa shape index (κ2) is 6.63. The maximum absolute atomic E-state index is 12.5.